The van der Waals surface area contributed by atoms with E-state index in [1.807, 2.05) is 32.6 Å². The lowest BCUT2D eigenvalue weighted by Gasteiger charge is -2.43. The maximum absolute atomic E-state index is 12.1. The zero-order chi connectivity index (χ0) is 12.3. The average molecular weight is 229 g/mol. The number of nitrogens with zero attached hydrogens (tertiary/aromatic N) is 1. The highest BCUT2D eigenvalue weighted by Gasteiger charge is 2.36. The third-order valence-corrected chi connectivity index (χ3v) is 3.03. The Bertz CT molecular complexity index is 253. The van der Waals surface area contributed by atoms with Crippen molar-refractivity contribution in [1.82, 2.24) is 4.90 Å². The highest BCUT2D eigenvalue weighted by atomic mass is 16.5. The summed E-state index contributed by atoms with van der Waals surface area (Å²) < 4.78 is 5.67. The highest BCUT2D eigenvalue weighted by molar-refractivity contribution is 5.78. The molecule has 0 saturated carbocycles. The molecule has 0 aromatic carbocycles. The molecule has 1 rings (SSSR count). The van der Waals surface area contributed by atoms with Crippen LogP contribution in [-0.2, 0) is 9.53 Å². The van der Waals surface area contributed by atoms with Gasteiger partial charge < -0.3 is 14.7 Å². The Labute approximate surface area is 97.6 Å². The predicted octanol–water partition coefficient (Wildman–Crippen LogP) is 1.03. The molecule has 1 fully saturated rings. The molecule has 0 aromatic rings. The van der Waals surface area contributed by atoms with Gasteiger partial charge in [0.15, 0.2) is 0 Å². The summed E-state index contributed by atoms with van der Waals surface area (Å²) in [5, 5.41) is 9.16. The van der Waals surface area contributed by atoms with Crippen molar-refractivity contribution in [3.05, 3.63) is 0 Å². The van der Waals surface area contributed by atoms with E-state index in [9.17, 15) is 4.79 Å². The first-order chi connectivity index (χ1) is 7.39. The highest BCUT2D eigenvalue weighted by Crippen LogP contribution is 2.22. The number of ether oxygens (including phenoxy) is 1. The number of rotatable bonds is 3. The lowest BCUT2D eigenvalue weighted by Crippen LogP contribution is -2.56. The van der Waals surface area contributed by atoms with Gasteiger partial charge in [-0.1, -0.05) is 13.8 Å². The number of hydrogen-bond donors (Lipinski definition) is 1. The van der Waals surface area contributed by atoms with Gasteiger partial charge >= 0.3 is 0 Å². The van der Waals surface area contributed by atoms with Gasteiger partial charge in [-0.15, -0.1) is 0 Å². The van der Waals surface area contributed by atoms with Crippen LogP contribution in [0.2, 0.25) is 0 Å². The number of amides is 1. The summed E-state index contributed by atoms with van der Waals surface area (Å²) in [6, 6.07) is 0. The zero-order valence-electron chi connectivity index (χ0n) is 10.7. The summed E-state index contributed by atoms with van der Waals surface area (Å²) in [5.41, 5.74) is -0.366. The first kappa shape index (κ1) is 13.5. The summed E-state index contributed by atoms with van der Waals surface area (Å²) in [7, 11) is 0. The fraction of sp³-hybridized carbons (Fsp3) is 0.917. The van der Waals surface area contributed by atoms with Crippen molar-refractivity contribution in [3.8, 4) is 0 Å². The van der Waals surface area contributed by atoms with Crippen LogP contribution in [0.25, 0.3) is 0 Å². The third kappa shape index (κ3) is 3.19. The molecule has 4 nitrogen and oxygen atoms in total. The lowest BCUT2D eigenvalue weighted by molar-refractivity contribution is -0.169. The quantitative estimate of drug-likeness (QED) is 0.786. The first-order valence-electron chi connectivity index (χ1n) is 5.97. The van der Waals surface area contributed by atoms with Gasteiger partial charge in [0.05, 0.1) is 18.3 Å². The molecule has 1 N–H and O–H groups in total. The molecule has 1 amide bonds. The van der Waals surface area contributed by atoms with Gasteiger partial charge in [0.2, 0.25) is 5.91 Å². The van der Waals surface area contributed by atoms with Crippen LogP contribution in [0, 0.1) is 5.92 Å². The Morgan fingerprint density at radius 3 is 2.75 bits per heavy atom. The number of aliphatic hydroxyl groups is 1. The van der Waals surface area contributed by atoms with Crippen molar-refractivity contribution < 1.29 is 14.6 Å². The van der Waals surface area contributed by atoms with E-state index in [0.717, 1.165) is 6.42 Å². The summed E-state index contributed by atoms with van der Waals surface area (Å²) in [6.45, 7) is 8.93. The molecule has 0 bridgehead atoms. The number of carbonyl (C=O) groups is 1. The minimum atomic E-state index is -0.366. The number of hydrogen-bond acceptors (Lipinski definition) is 3. The monoisotopic (exact) mass is 229 g/mol. The molecule has 4 heteroatoms. The largest absolute Gasteiger partial charge is 0.394 e. The maximum atomic E-state index is 12.1. The van der Waals surface area contributed by atoms with Crippen LogP contribution in [0.5, 0.6) is 0 Å². The lowest BCUT2D eigenvalue weighted by atomic mass is 10.0. The third-order valence-electron chi connectivity index (χ3n) is 3.03. The summed E-state index contributed by atoms with van der Waals surface area (Å²) in [5.74, 6) is 0.213. The van der Waals surface area contributed by atoms with Gasteiger partial charge in [-0.2, -0.15) is 0 Å². The maximum Gasteiger partial charge on any atom is 0.225 e. The second-order valence-electron chi connectivity index (χ2n) is 5.21. The van der Waals surface area contributed by atoms with Gasteiger partial charge in [-0.3, -0.25) is 4.79 Å². The van der Waals surface area contributed by atoms with Gasteiger partial charge in [-0.25, -0.2) is 0 Å². The van der Waals surface area contributed by atoms with Crippen LogP contribution in [0.3, 0.4) is 0 Å². The molecule has 2 unspecified atom stereocenters. The molecule has 1 heterocycles. The molecule has 16 heavy (non-hydrogen) atoms. The van der Waals surface area contributed by atoms with Crippen LogP contribution in [0.4, 0.5) is 0 Å². The molecule has 2 atom stereocenters. The fourth-order valence-electron chi connectivity index (χ4n) is 2.04. The van der Waals surface area contributed by atoms with Crippen LogP contribution in [-0.4, -0.2) is 47.3 Å². The van der Waals surface area contributed by atoms with Crippen molar-refractivity contribution >= 4 is 5.91 Å². The normalized spacial score (nSPS) is 26.6. The molecule has 94 valence electrons. The standard InChI is InChI=1S/C12H23NO3/c1-5-9(2)11(15)13-6-10(7-14)16-12(3,4)8-13/h9-10,14H,5-8H2,1-4H3. The van der Waals surface area contributed by atoms with Crippen molar-refractivity contribution in [1.29, 1.82) is 0 Å². The molecule has 0 aliphatic carbocycles. The number of morpholine rings is 1. The van der Waals surface area contributed by atoms with Gasteiger partial charge in [-0.05, 0) is 20.3 Å². The van der Waals surface area contributed by atoms with Crippen molar-refractivity contribution in [2.45, 2.75) is 45.8 Å². The molecular weight excluding hydrogens is 206 g/mol. The second-order valence-corrected chi connectivity index (χ2v) is 5.21. The van der Waals surface area contributed by atoms with E-state index < -0.39 is 0 Å². The van der Waals surface area contributed by atoms with E-state index in [1.54, 1.807) is 0 Å². The molecular formula is C12H23NO3. The molecule has 0 aromatic heterocycles. The van der Waals surface area contributed by atoms with Crippen LogP contribution >= 0.6 is 0 Å². The van der Waals surface area contributed by atoms with E-state index in [0.29, 0.717) is 13.1 Å². The van der Waals surface area contributed by atoms with E-state index in [-0.39, 0.29) is 30.1 Å². The Balaban J connectivity index is 2.69. The first-order valence-corrected chi connectivity index (χ1v) is 5.97. The average Bonchev–Trinajstić information content (AvgIpc) is 2.24. The fourth-order valence-corrected chi connectivity index (χ4v) is 2.04. The summed E-state index contributed by atoms with van der Waals surface area (Å²) in [4.78, 5) is 13.9. The Hall–Kier alpha value is -0.610. The smallest absolute Gasteiger partial charge is 0.225 e. The van der Waals surface area contributed by atoms with Crippen LogP contribution in [0.15, 0.2) is 0 Å². The Morgan fingerprint density at radius 1 is 1.62 bits per heavy atom. The summed E-state index contributed by atoms with van der Waals surface area (Å²) in [6.07, 6.45) is 0.595. The van der Waals surface area contributed by atoms with Gasteiger partial charge in [0.1, 0.15) is 0 Å². The Morgan fingerprint density at radius 2 is 2.25 bits per heavy atom. The Kier molecular flexibility index (Phi) is 4.33. The number of carbonyl (C=O) groups excluding carboxylic acids is 1. The van der Waals surface area contributed by atoms with E-state index in [2.05, 4.69) is 0 Å². The van der Waals surface area contributed by atoms with E-state index in [1.165, 1.54) is 0 Å². The van der Waals surface area contributed by atoms with E-state index >= 15 is 0 Å². The molecule has 0 radical (unpaired) electrons. The predicted molar refractivity (Wildman–Crippen MR) is 62.1 cm³/mol. The molecule has 1 saturated heterocycles. The van der Waals surface area contributed by atoms with Crippen molar-refractivity contribution in [2.75, 3.05) is 19.7 Å². The van der Waals surface area contributed by atoms with Crippen LogP contribution < -0.4 is 0 Å². The minimum absolute atomic E-state index is 0.0340. The van der Waals surface area contributed by atoms with E-state index in [4.69, 9.17) is 9.84 Å². The van der Waals surface area contributed by atoms with Gasteiger partial charge in [0.25, 0.3) is 0 Å². The van der Waals surface area contributed by atoms with Crippen molar-refractivity contribution in [3.63, 3.8) is 0 Å². The topological polar surface area (TPSA) is 49.8 Å². The van der Waals surface area contributed by atoms with Crippen molar-refractivity contribution in [2.24, 2.45) is 5.92 Å². The van der Waals surface area contributed by atoms with Gasteiger partial charge in [0, 0.05) is 19.0 Å². The zero-order valence-corrected chi connectivity index (χ0v) is 10.7. The SMILES string of the molecule is CCC(C)C(=O)N1CC(CO)OC(C)(C)C1. The molecule has 1 aliphatic rings. The second kappa shape index (κ2) is 5.15. The minimum Gasteiger partial charge on any atom is -0.394 e. The summed E-state index contributed by atoms with van der Waals surface area (Å²) >= 11 is 0. The van der Waals surface area contributed by atoms with Crippen LogP contribution in [0.1, 0.15) is 34.1 Å². The molecule has 1 aliphatic heterocycles. The molecule has 0 spiro atoms. The number of aliphatic hydroxyl groups excluding tert-OH is 1.